The summed E-state index contributed by atoms with van der Waals surface area (Å²) in [5.41, 5.74) is 5.60. The van der Waals surface area contributed by atoms with E-state index >= 15 is 0 Å². The Labute approximate surface area is 118 Å². The van der Waals surface area contributed by atoms with Gasteiger partial charge in [-0.05, 0) is 18.6 Å². The SMILES string of the molecule is Cc1ccc([N+](=O)[O-])c(Oc2cc([N+](=O)[O-])cc(N)n2)c1. The number of hydrogen-bond donors (Lipinski definition) is 1. The van der Waals surface area contributed by atoms with Gasteiger partial charge in [0.15, 0.2) is 0 Å². The second-order valence-corrected chi connectivity index (χ2v) is 4.18. The molecule has 2 aromatic rings. The maximum absolute atomic E-state index is 10.9. The van der Waals surface area contributed by atoms with E-state index in [2.05, 4.69) is 4.98 Å². The molecule has 0 unspecified atom stereocenters. The van der Waals surface area contributed by atoms with Crippen molar-refractivity contribution in [3.8, 4) is 11.6 Å². The van der Waals surface area contributed by atoms with Gasteiger partial charge in [-0.1, -0.05) is 6.07 Å². The zero-order valence-electron chi connectivity index (χ0n) is 10.8. The molecule has 0 saturated carbocycles. The first-order valence-corrected chi connectivity index (χ1v) is 5.71. The molecule has 0 fully saturated rings. The molecule has 1 heterocycles. The highest BCUT2D eigenvalue weighted by molar-refractivity contribution is 5.51. The smallest absolute Gasteiger partial charge is 0.311 e. The molecule has 0 aliphatic heterocycles. The Morgan fingerprint density at radius 2 is 1.86 bits per heavy atom. The van der Waals surface area contributed by atoms with Crippen LogP contribution in [0, 0.1) is 27.2 Å². The number of ether oxygens (including phenoxy) is 1. The van der Waals surface area contributed by atoms with Crippen molar-refractivity contribution < 1.29 is 14.6 Å². The molecule has 0 atom stereocenters. The number of anilines is 1. The molecule has 108 valence electrons. The van der Waals surface area contributed by atoms with E-state index in [-0.39, 0.29) is 28.8 Å². The van der Waals surface area contributed by atoms with Crippen LogP contribution in [0.3, 0.4) is 0 Å². The highest BCUT2D eigenvalue weighted by Crippen LogP contribution is 2.32. The third kappa shape index (κ3) is 3.21. The maximum atomic E-state index is 10.9. The van der Waals surface area contributed by atoms with Gasteiger partial charge in [0.05, 0.1) is 22.0 Å². The lowest BCUT2D eigenvalue weighted by molar-refractivity contribution is -0.386. The standard InChI is InChI=1S/C12H10N4O5/c1-7-2-3-9(16(19)20)10(4-7)21-12-6-8(15(17)18)5-11(13)14-12/h2-6H,1H3,(H2,13,14). The molecule has 9 nitrogen and oxygen atoms in total. The highest BCUT2D eigenvalue weighted by atomic mass is 16.6. The highest BCUT2D eigenvalue weighted by Gasteiger charge is 2.18. The quantitative estimate of drug-likeness (QED) is 0.675. The van der Waals surface area contributed by atoms with Gasteiger partial charge in [-0.3, -0.25) is 20.2 Å². The summed E-state index contributed by atoms with van der Waals surface area (Å²) < 4.78 is 5.29. The third-order valence-corrected chi connectivity index (χ3v) is 2.54. The number of rotatable bonds is 4. The number of nitrogens with two attached hydrogens (primary N) is 1. The van der Waals surface area contributed by atoms with Gasteiger partial charge in [-0.2, -0.15) is 4.98 Å². The van der Waals surface area contributed by atoms with Crippen LogP contribution in [0.5, 0.6) is 11.6 Å². The number of nitrogen functional groups attached to an aromatic ring is 1. The fraction of sp³-hybridized carbons (Fsp3) is 0.0833. The molecule has 1 aromatic carbocycles. The van der Waals surface area contributed by atoms with Crippen LogP contribution < -0.4 is 10.5 Å². The molecular formula is C12H10N4O5. The minimum atomic E-state index is -0.657. The van der Waals surface area contributed by atoms with E-state index in [4.69, 9.17) is 10.5 Å². The Balaban J connectivity index is 2.45. The Bertz CT molecular complexity index is 732. The van der Waals surface area contributed by atoms with Crippen molar-refractivity contribution in [3.63, 3.8) is 0 Å². The Hall–Kier alpha value is -3.23. The van der Waals surface area contributed by atoms with Gasteiger partial charge < -0.3 is 10.5 Å². The number of nitro benzene ring substituents is 1. The van der Waals surface area contributed by atoms with Crippen molar-refractivity contribution in [1.82, 2.24) is 4.98 Å². The number of pyridine rings is 1. The Morgan fingerprint density at radius 1 is 1.14 bits per heavy atom. The van der Waals surface area contributed by atoms with Crippen LogP contribution in [0.15, 0.2) is 30.3 Å². The molecule has 0 spiro atoms. The van der Waals surface area contributed by atoms with Crippen LogP contribution >= 0.6 is 0 Å². The summed E-state index contributed by atoms with van der Waals surface area (Å²) >= 11 is 0. The fourth-order valence-electron chi connectivity index (χ4n) is 1.64. The number of aromatic nitrogens is 1. The van der Waals surface area contributed by atoms with E-state index in [1.54, 1.807) is 13.0 Å². The van der Waals surface area contributed by atoms with Crippen molar-refractivity contribution in [2.24, 2.45) is 0 Å². The van der Waals surface area contributed by atoms with Crippen molar-refractivity contribution in [3.05, 3.63) is 56.1 Å². The van der Waals surface area contributed by atoms with Crippen LogP contribution in [-0.4, -0.2) is 14.8 Å². The summed E-state index contributed by atoms with van der Waals surface area (Å²) in [7, 11) is 0. The van der Waals surface area contributed by atoms with Gasteiger partial charge >= 0.3 is 5.69 Å². The molecule has 0 aliphatic rings. The van der Waals surface area contributed by atoms with E-state index in [1.165, 1.54) is 12.1 Å². The second-order valence-electron chi connectivity index (χ2n) is 4.18. The van der Waals surface area contributed by atoms with Crippen molar-refractivity contribution in [1.29, 1.82) is 0 Å². The number of benzene rings is 1. The molecule has 2 rings (SSSR count). The van der Waals surface area contributed by atoms with Crippen LogP contribution in [0.1, 0.15) is 5.56 Å². The molecule has 0 aliphatic carbocycles. The van der Waals surface area contributed by atoms with Gasteiger partial charge in [0, 0.05) is 6.07 Å². The normalized spacial score (nSPS) is 10.1. The summed E-state index contributed by atoms with van der Waals surface area (Å²) in [5, 5.41) is 21.7. The fourth-order valence-corrected chi connectivity index (χ4v) is 1.64. The maximum Gasteiger partial charge on any atom is 0.311 e. The molecule has 21 heavy (non-hydrogen) atoms. The average Bonchev–Trinajstić information content (AvgIpc) is 2.37. The van der Waals surface area contributed by atoms with Gasteiger partial charge in [0.25, 0.3) is 5.69 Å². The first kappa shape index (κ1) is 14.2. The second kappa shape index (κ2) is 5.41. The van der Waals surface area contributed by atoms with Gasteiger partial charge in [0.2, 0.25) is 11.6 Å². The van der Waals surface area contributed by atoms with E-state index in [0.29, 0.717) is 0 Å². The molecule has 9 heteroatoms. The molecule has 1 aromatic heterocycles. The lowest BCUT2D eigenvalue weighted by Crippen LogP contribution is -1.99. The lowest BCUT2D eigenvalue weighted by Gasteiger charge is -2.07. The molecule has 0 amide bonds. The number of hydrogen-bond acceptors (Lipinski definition) is 7. The van der Waals surface area contributed by atoms with Crippen LogP contribution in [-0.2, 0) is 0 Å². The van der Waals surface area contributed by atoms with Crippen molar-refractivity contribution in [2.45, 2.75) is 6.92 Å². The minimum absolute atomic E-state index is 0.0626. The molecule has 0 radical (unpaired) electrons. The monoisotopic (exact) mass is 290 g/mol. The number of aryl methyl sites for hydroxylation is 1. The summed E-state index contributed by atoms with van der Waals surface area (Å²) in [4.78, 5) is 24.2. The van der Waals surface area contributed by atoms with Crippen LogP contribution in [0.25, 0.3) is 0 Å². The van der Waals surface area contributed by atoms with Gasteiger partial charge in [-0.25, -0.2) is 0 Å². The molecule has 0 saturated heterocycles. The molecular weight excluding hydrogens is 280 g/mol. The summed E-state index contributed by atoms with van der Waals surface area (Å²) in [5.74, 6) is -0.364. The summed E-state index contributed by atoms with van der Waals surface area (Å²) in [6.07, 6.45) is 0. The summed E-state index contributed by atoms with van der Waals surface area (Å²) in [6, 6.07) is 6.39. The number of nitrogens with zero attached hydrogens (tertiary/aromatic N) is 3. The zero-order chi connectivity index (χ0) is 15.6. The molecule has 0 bridgehead atoms. The van der Waals surface area contributed by atoms with Crippen LogP contribution in [0.4, 0.5) is 17.2 Å². The van der Waals surface area contributed by atoms with E-state index in [1.807, 2.05) is 0 Å². The largest absolute Gasteiger partial charge is 0.431 e. The van der Waals surface area contributed by atoms with Gasteiger partial charge in [0.1, 0.15) is 5.82 Å². The zero-order valence-corrected chi connectivity index (χ0v) is 10.8. The van der Waals surface area contributed by atoms with Crippen LogP contribution in [0.2, 0.25) is 0 Å². The van der Waals surface area contributed by atoms with E-state index in [0.717, 1.165) is 17.7 Å². The van der Waals surface area contributed by atoms with Gasteiger partial charge in [-0.15, -0.1) is 0 Å². The Kier molecular flexibility index (Phi) is 3.65. The average molecular weight is 290 g/mol. The topological polar surface area (TPSA) is 134 Å². The number of nitro groups is 2. The minimum Gasteiger partial charge on any atom is -0.431 e. The van der Waals surface area contributed by atoms with E-state index < -0.39 is 9.85 Å². The Morgan fingerprint density at radius 3 is 2.48 bits per heavy atom. The lowest BCUT2D eigenvalue weighted by atomic mass is 10.2. The first-order valence-electron chi connectivity index (χ1n) is 5.71. The van der Waals surface area contributed by atoms with E-state index in [9.17, 15) is 20.2 Å². The third-order valence-electron chi connectivity index (χ3n) is 2.54. The molecule has 2 N–H and O–H groups in total. The van der Waals surface area contributed by atoms with Crippen molar-refractivity contribution in [2.75, 3.05) is 5.73 Å². The predicted molar refractivity (Wildman–Crippen MR) is 73.2 cm³/mol. The van der Waals surface area contributed by atoms with Crippen molar-refractivity contribution >= 4 is 17.2 Å². The predicted octanol–water partition coefficient (Wildman–Crippen LogP) is 2.58. The first-order chi connectivity index (χ1) is 9.86. The summed E-state index contributed by atoms with van der Waals surface area (Å²) in [6.45, 7) is 1.73.